The molecule has 0 spiro atoms. The van der Waals surface area contributed by atoms with Gasteiger partial charge < -0.3 is 20.5 Å². The molecule has 0 aliphatic carbocycles. The summed E-state index contributed by atoms with van der Waals surface area (Å²) in [6.07, 6.45) is 0. The summed E-state index contributed by atoms with van der Waals surface area (Å²) in [5.41, 5.74) is 8.66. The number of anilines is 1. The number of para-hydroxylation sites is 2. The lowest BCUT2D eigenvalue weighted by Gasteiger charge is -2.09. The lowest BCUT2D eigenvalue weighted by Crippen LogP contribution is -2.22. The summed E-state index contributed by atoms with van der Waals surface area (Å²) in [4.78, 5) is 8.96. The first-order valence-corrected chi connectivity index (χ1v) is 8.86. The van der Waals surface area contributed by atoms with Crippen LogP contribution in [0.5, 0.6) is 11.5 Å². The summed E-state index contributed by atoms with van der Waals surface area (Å²) in [6.45, 7) is 0.403. The highest BCUT2D eigenvalue weighted by molar-refractivity contribution is 7.13. The van der Waals surface area contributed by atoms with Crippen LogP contribution in [0.2, 0.25) is 0 Å². The summed E-state index contributed by atoms with van der Waals surface area (Å²) in [5.74, 6) is 1.85. The molecule has 1 aromatic heterocycles. The van der Waals surface area contributed by atoms with Gasteiger partial charge in [0, 0.05) is 10.9 Å². The maximum Gasteiger partial charge on any atom is 0.193 e. The largest absolute Gasteiger partial charge is 0.497 e. The van der Waals surface area contributed by atoms with Crippen molar-refractivity contribution in [3.05, 3.63) is 59.6 Å². The van der Waals surface area contributed by atoms with E-state index in [0.717, 1.165) is 27.7 Å². The van der Waals surface area contributed by atoms with Gasteiger partial charge in [-0.2, -0.15) is 0 Å². The molecule has 7 heteroatoms. The van der Waals surface area contributed by atoms with Crippen molar-refractivity contribution >= 4 is 23.0 Å². The van der Waals surface area contributed by atoms with Gasteiger partial charge in [-0.1, -0.05) is 12.1 Å². The summed E-state index contributed by atoms with van der Waals surface area (Å²) in [6, 6.07) is 15.4. The first-order chi connectivity index (χ1) is 12.7. The molecular weight excluding hydrogens is 348 g/mol. The van der Waals surface area contributed by atoms with E-state index in [1.807, 2.05) is 53.9 Å². The van der Waals surface area contributed by atoms with Crippen LogP contribution in [0.15, 0.2) is 58.9 Å². The third-order valence-electron chi connectivity index (χ3n) is 3.67. The highest BCUT2D eigenvalue weighted by Gasteiger charge is 2.06. The number of guanidine groups is 1. The predicted octanol–water partition coefficient (Wildman–Crippen LogP) is 3.75. The van der Waals surface area contributed by atoms with Gasteiger partial charge in [0.25, 0.3) is 0 Å². The van der Waals surface area contributed by atoms with Crippen LogP contribution >= 0.6 is 11.3 Å². The van der Waals surface area contributed by atoms with Gasteiger partial charge in [-0.15, -0.1) is 11.3 Å². The number of ether oxygens (including phenoxy) is 2. The van der Waals surface area contributed by atoms with Crippen LogP contribution < -0.4 is 20.5 Å². The zero-order chi connectivity index (χ0) is 18.4. The van der Waals surface area contributed by atoms with E-state index in [4.69, 9.17) is 15.2 Å². The average Bonchev–Trinajstić information content (AvgIpc) is 3.16. The van der Waals surface area contributed by atoms with Gasteiger partial charge in [-0.05, 0) is 36.4 Å². The smallest absolute Gasteiger partial charge is 0.193 e. The number of benzene rings is 2. The average molecular weight is 368 g/mol. The predicted molar refractivity (Wildman–Crippen MR) is 106 cm³/mol. The molecule has 3 N–H and O–H groups in total. The molecule has 3 aromatic rings. The van der Waals surface area contributed by atoms with Crippen molar-refractivity contribution in [2.45, 2.75) is 6.54 Å². The lowest BCUT2D eigenvalue weighted by atomic mass is 10.2. The van der Waals surface area contributed by atoms with E-state index >= 15 is 0 Å². The Bertz CT molecular complexity index is 891. The molecule has 0 fully saturated rings. The number of thiazole rings is 1. The fourth-order valence-corrected chi connectivity index (χ4v) is 3.15. The molecule has 0 amide bonds. The van der Waals surface area contributed by atoms with Crippen LogP contribution in [0.25, 0.3) is 10.6 Å². The Morgan fingerprint density at radius 1 is 1.12 bits per heavy atom. The van der Waals surface area contributed by atoms with Gasteiger partial charge in [0.05, 0.1) is 32.1 Å². The molecule has 0 bridgehead atoms. The molecule has 6 nitrogen and oxygen atoms in total. The molecular formula is C19H20N4O2S. The molecule has 134 valence electrons. The monoisotopic (exact) mass is 368 g/mol. The van der Waals surface area contributed by atoms with Gasteiger partial charge in [0.1, 0.15) is 16.5 Å². The molecule has 0 aliphatic heterocycles. The summed E-state index contributed by atoms with van der Waals surface area (Å²) >= 11 is 1.58. The molecule has 26 heavy (non-hydrogen) atoms. The van der Waals surface area contributed by atoms with E-state index < -0.39 is 0 Å². The fourth-order valence-electron chi connectivity index (χ4n) is 2.34. The number of methoxy groups -OCH3 is 2. The molecule has 2 aromatic carbocycles. The van der Waals surface area contributed by atoms with E-state index in [1.165, 1.54) is 0 Å². The van der Waals surface area contributed by atoms with Crippen molar-refractivity contribution in [2.75, 3.05) is 19.5 Å². The maximum atomic E-state index is 5.97. The standard InChI is InChI=1S/C19H20N4O2S/c1-24-15-9-7-13(8-10-15)18-22-14(12-26-18)11-21-19(20)23-16-5-3-4-6-17(16)25-2/h3-10,12H,11H2,1-2H3,(H3,20,21,23). The highest BCUT2D eigenvalue weighted by atomic mass is 32.1. The highest BCUT2D eigenvalue weighted by Crippen LogP contribution is 2.26. The number of aromatic nitrogens is 1. The Kier molecular flexibility index (Phi) is 5.70. The molecule has 0 atom stereocenters. The molecule has 0 saturated heterocycles. The third kappa shape index (κ3) is 4.31. The molecule has 0 radical (unpaired) electrons. The van der Waals surface area contributed by atoms with E-state index in [9.17, 15) is 0 Å². The first-order valence-electron chi connectivity index (χ1n) is 7.98. The number of hydrogen-bond acceptors (Lipinski definition) is 5. The van der Waals surface area contributed by atoms with Crippen molar-refractivity contribution < 1.29 is 9.47 Å². The summed E-state index contributed by atoms with van der Waals surface area (Å²) < 4.78 is 10.5. The minimum Gasteiger partial charge on any atom is -0.497 e. The Balaban J connectivity index is 1.65. The van der Waals surface area contributed by atoms with Gasteiger partial charge in [0.15, 0.2) is 5.96 Å². The Morgan fingerprint density at radius 2 is 1.88 bits per heavy atom. The Labute approximate surface area is 156 Å². The minimum absolute atomic E-state index is 0.313. The van der Waals surface area contributed by atoms with Gasteiger partial charge in [-0.3, -0.25) is 0 Å². The Hall–Kier alpha value is -3.06. The van der Waals surface area contributed by atoms with Crippen molar-refractivity contribution in [3.63, 3.8) is 0 Å². The zero-order valence-corrected chi connectivity index (χ0v) is 15.4. The molecule has 0 aliphatic rings. The van der Waals surface area contributed by atoms with Gasteiger partial charge in [-0.25, -0.2) is 9.98 Å². The lowest BCUT2D eigenvalue weighted by molar-refractivity contribution is 0.415. The number of rotatable bonds is 6. The fraction of sp³-hybridized carbons (Fsp3) is 0.158. The topological polar surface area (TPSA) is 81.8 Å². The third-order valence-corrected chi connectivity index (χ3v) is 4.61. The van der Waals surface area contributed by atoms with Crippen molar-refractivity contribution in [2.24, 2.45) is 10.7 Å². The molecule has 0 unspecified atom stereocenters. The Morgan fingerprint density at radius 3 is 2.62 bits per heavy atom. The quantitative estimate of drug-likeness (QED) is 0.511. The van der Waals surface area contributed by atoms with Crippen molar-refractivity contribution in [1.82, 2.24) is 4.98 Å². The molecule has 3 rings (SSSR count). The summed E-state index contributed by atoms with van der Waals surface area (Å²) in [7, 11) is 3.27. The van der Waals surface area contributed by atoms with Gasteiger partial charge in [0.2, 0.25) is 0 Å². The van der Waals surface area contributed by atoms with Crippen LogP contribution in [-0.4, -0.2) is 25.2 Å². The second kappa shape index (κ2) is 8.35. The zero-order valence-electron chi connectivity index (χ0n) is 14.6. The normalized spacial score (nSPS) is 11.2. The van der Waals surface area contributed by atoms with Crippen LogP contribution in [-0.2, 0) is 6.54 Å². The van der Waals surface area contributed by atoms with Crippen molar-refractivity contribution in [3.8, 4) is 22.1 Å². The van der Waals surface area contributed by atoms with E-state index in [-0.39, 0.29) is 0 Å². The van der Waals surface area contributed by atoms with Crippen molar-refractivity contribution in [1.29, 1.82) is 0 Å². The minimum atomic E-state index is 0.313. The van der Waals surface area contributed by atoms with Crippen LogP contribution in [0.4, 0.5) is 5.69 Å². The van der Waals surface area contributed by atoms with E-state index in [1.54, 1.807) is 25.6 Å². The number of nitrogens with zero attached hydrogens (tertiary/aromatic N) is 2. The van der Waals surface area contributed by atoms with Crippen LogP contribution in [0.3, 0.4) is 0 Å². The number of hydrogen-bond donors (Lipinski definition) is 2. The van der Waals surface area contributed by atoms with E-state index in [2.05, 4.69) is 15.3 Å². The number of nitrogens with two attached hydrogens (primary N) is 1. The van der Waals surface area contributed by atoms with Crippen LogP contribution in [0.1, 0.15) is 5.69 Å². The van der Waals surface area contributed by atoms with Crippen LogP contribution in [0, 0.1) is 0 Å². The number of aliphatic imine (C=N–C) groups is 1. The first kappa shape index (κ1) is 17.8. The molecule has 1 heterocycles. The summed E-state index contributed by atoms with van der Waals surface area (Å²) in [5, 5.41) is 5.97. The second-order valence-corrected chi connectivity index (χ2v) is 6.26. The number of nitrogens with one attached hydrogen (secondary N) is 1. The van der Waals surface area contributed by atoms with E-state index in [0.29, 0.717) is 18.3 Å². The SMILES string of the molecule is COc1ccc(-c2nc(CN=C(N)Nc3ccccc3OC)cs2)cc1. The maximum absolute atomic E-state index is 5.97. The second-order valence-electron chi connectivity index (χ2n) is 5.40. The molecule has 0 saturated carbocycles. The van der Waals surface area contributed by atoms with Gasteiger partial charge >= 0.3 is 0 Å².